The van der Waals surface area contributed by atoms with Crippen molar-refractivity contribution in [3.63, 3.8) is 0 Å². The van der Waals surface area contributed by atoms with Crippen molar-refractivity contribution in [3.8, 4) is 0 Å². The molecule has 5 nitrogen and oxygen atoms in total. The number of nitrogens with zero attached hydrogens (tertiary/aromatic N) is 1. The Hall–Kier alpha value is -1.47. The molecule has 1 aromatic rings. The molecule has 1 saturated carbocycles. The van der Waals surface area contributed by atoms with Crippen molar-refractivity contribution in [2.75, 3.05) is 13.6 Å². The van der Waals surface area contributed by atoms with E-state index in [0.29, 0.717) is 5.92 Å². The summed E-state index contributed by atoms with van der Waals surface area (Å²) in [6.45, 7) is 1.95. The third-order valence-corrected chi connectivity index (χ3v) is 6.09. The van der Waals surface area contributed by atoms with Gasteiger partial charge in [-0.2, -0.15) is 4.31 Å². The molecule has 0 spiro atoms. The molecule has 128 valence electrons. The van der Waals surface area contributed by atoms with Gasteiger partial charge in [0.1, 0.15) is 5.82 Å². The maximum absolute atomic E-state index is 12.9. The highest BCUT2D eigenvalue weighted by Gasteiger charge is 2.25. The Bertz CT molecular complexity index is 638. The molecule has 1 fully saturated rings. The largest absolute Gasteiger partial charge is 0.352 e. The van der Waals surface area contributed by atoms with E-state index in [2.05, 4.69) is 12.2 Å². The Balaban J connectivity index is 1.93. The summed E-state index contributed by atoms with van der Waals surface area (Å²) in [5, 5.41) is 2.90. The van der Waals surface area contributed by atoms with Crippen LogP contribution in [0.2, 0.25) is 0 Å². The predicted octanol–water partition coefficient (Wildman–Crippen LogP) is 2.14. The predicted molar refractivity (Wildman–Crippen MR) is 85.8 cm³/mol. The van der Waals surface area contributed by atoms with Gasteiger partial charge in [0.05, 0.1) is 11.4 Å². The van der Waals surface area contributed by atoms with Crippen LogP contribution in [0.3, 0.4) is 0 Å². The Morgan fingerprint density at radius 2 is 1.78 bits per heavy atom. The third kappa shape index (κ3) is 4.75. The highest BCUT2D eigenvalue weighted by molar-refractivity contribution is 7.89. The van der Waals surface area contributed by atoms with Crippen LogP contribution in [0.1, 0.15) is 32.6 Å². The summed E-state index contributed by atoms with van der Waals surface area (Å²) in [5.41, 5.74) is 0. The molecular weight excluding hydrogens is 319 g/mol. The van der Waals surface area contributed by atoms with Crippen LogP contribution in [0.4, 0.5) is 4.39 Å². The summed E-state index contributed by atoms with van der Waals surface area (Å²) in [6.07, 6.45) is 4.02. The summed E-state index contributed by atoms with van der Waals surface area (Å²) in [7, 11) is -2.45. The molecule has 0 atom stereocenters. The van der Waals surface area contributed by atoms with Gasteiger partial charge in [-0.05, 0) is 55.9 Å². The quantitative estimate of drug-likeness (QED) is 0.891. The fourth-order valence-electron chi connectivity index (χ4n) is 2.75. The summed E-state index contributed by atoms with van der Waals surface area (Å²) in [6, 6.07) is 4.69. The second kappa shape index (κ2) is 7.40. The van der Waals surface area contributed by atoms with E-state index in [1.165, 1.54) is 19.2 Å². The second-order valence-corrected chi connectivity index (χ2v) is 8.28. The van der Waals surface area contributed by atoms with E-state index >= 15 is 0 Å². The maximum atomic E-state index is 12.9. The number of hydrogen-bond donors (Lipinski definition) is 1. The number of nitrogens with one attached hydrogen (secondary N) is 1. The monoisotopic (exact) mass is 342 g/mol. The summed E-state index contributed by atoms with van der Waals surface area (Å²) in [5.74, 6) is -0.127. The van der Waals surface area contributed by atoms with Gasteiger partial charge >= 0.3 is 0 Å². The molecule has 1 amide bonds. The van der Waals surface area contributed by atoms with E-state index in [-0.39, 0.29) is 23.4 Å². The average molecular weight is 342 g/mol. The normalized spacial score (nSPS) is 22.1. The lowest BCUT2D eigenvalue weighted by atomic mass is 9.87. The number of benzene rings is 1. The summed E-state index contributed by atoms with van der Waals surface area (Å²) < 4.78 is 38.6. The number of halogens is 1. The van der Waals surface area contributed by atoms with Gasteiger partial charge in [-0.1, -0.05) is 6.92 Å². The lowest BCUT2D eigenvalue weighted by molar-refractivity contribution is -0.122. The van der Waals surface area contributed by atoms with E-state index in [1.54, 1.807) is 0 Å². The fourth-order valence-corrected chi connectivity index (χ4v) is 3.88. The van der Waals surface area contributed by atoms with Crippen LogP contribution in [0.5, 0.6) is 0 Å². The molecular formula is C16H23FN2O3S. The zero-order valence-electron chi connectivity index (χ0n) is 13.5. The molecule has 0 unspecified atom stereocenters. The van der Waals surface area contributed by atoms with Crippen molar-refractivity contribution in [3.05, 3.63) is 30.1 Å². The van der Waals surface area contributed by atoms with Crippen LogP contribution >= 0.6 is 0 Å². The van der Waals surface area contributed by atoms with Crippen molar-refractivity contribution >= 4 is 15.9 Å². The fraction of sp³-hybridized carbons (Fsp3) is 0.562. The lowest BCUT2D eigenvalue weighted by Gasteiger charge is -2.27. The van der Waals surface area contributed by atoms with E-state index < -0.39 is 15.8 Å². The van der Waals surface area contributed by atoms with E-state index in [1.807, 2.05) is 0 Å². The SMILES string of the molecule is CC1CCC(NC(=O)CN(C)S(=O)(=O)c2ccc(F)cc2)CC1. The van der Waals surface area contributed by atoms with Crippen LogP contribution in [-0.2, 0) is 14.8 Å². The summed E-state index contributed by atoms with van der Waals surface area (Å²) in [4.78, 5) is 12.0. The molecule has 0 aromatic heterocycles. The third-order valence-electron chi connectivity index (χ3n) is 4.27. The lowest BCUT2D eigenvalue weighted by Crippen LogP contribution is -2.43. The molecule has 0 radical (unpaired) electrons. The molecule has 0 bridgehead atoms. The van der Waals surface area contributed by atoms with Crippen molar-refractivity contribution in [1.29, 1.82) is 0 Å². The van der Waals surface area contributed by atoms with E-state index in [0.717, 1.165) is 42.1 Å². The number of amides is 1. The van der Waals surface area contributed by atoms with Crippen LogP contribution < -0.4 is 5.32 Å². The summed E-state index contributed by atoms with van der Waals surface area (Å²) >= 11 is 0. The molecule has 1 aliphatic rings. The molecule has 1 N–H and O–H groups in total. The topological polar surface area (TPSA) is 66.5 Å². The molecule has 23 heavy (non-hydrogen) atoms. The van der Waals surface area contributed by atoms with Gasteiger partial charge in [-0.25, -0.2) is 12.8 Å². The average Bonchev–Trinajstić information content (AvgIpc) is 2.50. The number of likely N-dealkylation sites (N-methyl/N-ethyl adjacent to an activating group) is 1. The first-order valence-electron chi connectivity index (χ1n) is 7.80. The standard InChI is InChI=1S/C16H23FN2O3S/c1-12-3-7-14(8-4-12)18-16(20)11-19(2)23(21,22)15-9-5-13(17)6-10-15/h5-6,9-10,12,14H,3-4,7-8,11H2,1-2H3,(H,18,20). The van der Waals surface area contributed by atoms with Gasteiger partial charge in [0, 0.05) is 13.1 Å². The minimum Gasteiger partial charge on any atom is -0.352 e. The van der Waals surface area contributed by atoms with Crippen LogP contribution in [0.15, 0.2) is 29.2 Å². The van der Waals surface area contributed by atoms with Crippen molar-refractivity contribution in [2.24, 2.45) is 5.92 Å². The van der Waals surface area contributed by atoms with Gasteiger partial charge in [0.25, 0.3) is 0 Å². The van der Waals surface area contributed by atoms with Gasteiger partial charge in [0.15, 0.2) is 0 Å². The van der Waals surface area contributed by atoms with E-state index in [9.17, 15) is 17.6 Å². The molecule has 1 aliphatic carbocycles. The highest BCUT2D eigenvalue weighted by atomic mass is 32.2. The van der Waals surface area contributed by atoms with E-state index in [4.69, 9.17) is 0 Å². The Morgan fingerprint density at radius 1 is 1.22 bits per heavy atom. The van der Waals surface area contributed by atoms with Crippen LogP contribution in [0, 0.1) is 11.7 Å². The Labute approximate surface area is 136 Å². The Morgan fingerprint density at radius 3 is 2.35 bits per heavy atom. The second-order valence-electron chi connectivity index (χ2n) is 6.24. The van der Waals surface area contributed by atoms with Crippen molar-refractivity contribution in [1.82, 2.24) is 9.62 Å². The van der Waals surface area contributed by atoms with Crippen LogP contribution in [0.25, 0.3) is 0 Å². The number of carbonyl (C=O) groups excluding carboxylic acids is 1. The first kappa shape index (κ1) is 17.9. The van der Waals surface area contributed by atoms with Gasteiger partial charge < -0.3 is 5.32 Å². The zero-order valence-corrected chi connectivity index (χ0v) is 14.3. The number of carbonyl (C=O) groups is 1. The zero-order chi connectivity index (χ0) is 17.0. The van der Waals surface area contributed by atoms with Crippen molar-refractivity contribution < 1.29 is 17.6 Å². The minimum atomic E-state index is -3.79. The molecule has 0 aliphatic heterocycles. The molecule has 0 heterocycles. The van der Waals surface area contributed by atoms with Crippen LogP contribution in [-0.4, -0.2) is 38.3 Å². The minimum absolute atomic E-state index is 0.0271. The molecule has 2 rings (SSSR count). The molecule has 0 saturated heterocycles. The number of sulfonamides is 1. The van der Waals surface area contributed by atoms with Crippen molar-refractivity contribution in [2.45, 2.75) is 43.5 Å². The van der Waals surface area contributed by atoms with Gasteiger partial charge in [0.2, 0.25) is 15.9 Å². The smallest absolute Gasteiger partial charge is 0.243 e. The Kier molecular flexibility index (Phi) is 5.75. The molecule has 1 aromatic carbocycles. The number of rotatable bonds is 5. The van der Waals surface area contributed by atoms with Gasteiger partial charge in [-0.3, -0.25) is 4.79 Å². The number of hydrogen-bond acceptors (Lipinski definition) is 3. The van der Waals surface area contributed by atoms with Gasteiger partial charge in [-0.15, -0.1) is 0 Å². The maximum Gasteiger partial charge on any atom is 0.243 e. The first-order valence-corrected chi connectivity index (χ1v) is 9.24. The molecule has 7 heteroatoms. The highest BCUT2D eigenvalue weighted by Crippen LogP contribution is 2.23. The first-order chi connectivity index (χ1) is 10.8.